The zero-order valence-electron chi connectivity index (χ0n) is 20.0. The number of carboxylic acids is 1. The number of ether oxygens (including phenoxy) is 2. The third-order valence-corrected chi connectivity index (χ3v) is 7.30. The molecule has 33 heavy (non-hydrogen) atoms. The van der Waals surface area contributed by atoms with Gasteiger partial charge < -0.3 is 14.6 Å². The van der Waals surface area contributed by atoms with Gasteiger partial charge in [0.15, 0.2) is 0 Å². The Kier molecular flexibility index (Phi) is 8.26. The summed E-state index contributed by atoms with van der Waals surface area (Å²) >= 11 is 1.66. The molecule has 0 aliphatic heterocycles. The molecule has 1 N–H and O–H groups in total. The SMILES string of the molecule is CCn1cc(CCC(c2cc(COCc3ccc(OC)cc3)c(C)s2)C(C)(C)C(=O)O)nn1. The van der Waals surface area contributed by atoms with Crippen molar-refractivity contribution >= 4 is 17.3 Å². The fourth-order valence-corrected chi connectivity index (χ4v) is 5.13. The first kappa shape index (κ1) is 24.9. The summed E-state index contributed by atoms with van der Waals surface area (Å²) in [5.41, 5.74) is 2.17. The van der Waals surface area contributed by atoms with E-state index in [9.17, 15) is 9.90 Å². The highest BCUT2D eigenvalue weighted by atomic mass is 32.1. The van der Waals surface area contributed by atoms with Crippen molar-refractivity contribution in [2.24, 2.45) is 5.41 Å². The number of rotatable bonds is 12. The highest BCUT2D eigenvalue weighted by Gasteiger charge is 2.38. The molecular weight excluding hydrogens is 438 g/mol. The average Bonchev–Trinajstić information content (AvgIpc) is 3.40. The van der Waals surface area contributed by atoms with Crippen LogP contribution in [-0.2, 0) is 35.7 Å². The van der Waals surface area contributed by atoms with Crippen LogP contribution in [-0.4, -0.2) is 33.2 Å². The van der Waals surface area contributed by atoms with E-state index in [-0.39, 0.29) is 5.92 Å². The second-order valence-electron chi connectivity index (χ2n) is 8.75. The van der Waals surface area contributed by atoms with Gasteiger partial charge in [-0.1, -0.05) is 17.3 Å². The van der Waals surface area contributed by atoms with Crippen molar-refractivity contribution < 1.29 is 19.4 Å². The Hall–Kier alpha value is -2.71. The fraction of sp³-hybridized carbons (Fsp3) is 0.480. The lowest BCUT2D eigenvalue weighted by atomic mass is 9.75. The highest BCUT2D eigenvalue weighted by Crippen LogP contribution is 2.43. The standard InChI is InChI=1S/C25H33N3O4S/c1-6-28-14-20(26-27-28)9-12-22(25(3,4)24(29)30)23-13-19(17(2)33-23)16-32-15-18-7-10-21(31-5)11-8-18/h7-8,10-11,13-14,22H,6,9,12,15-16H2,1-5H3,(H,29,30). The molecule has 8 heteroatoms. The van der Waals surface area contributed by atoms with Crippen molar-refractivity contribution in [3.8, 4) is 5.75 Å². The normalized spacial score (nSPS) is 12.6. The van der Waals surface area contributed by atoms with Gasteiger partial charge in [-0.3, -0.25) is 9.48 Å². The molecule has 0 bridgehead atoms. The molecule has 2 aromatic heterocycles. The monoisotopic (exact) mass is 471 g/mol. The number of hydrogen-bond donors (Lipinski definition) is 1. The summed E-state index contributed by atoms with van der Waals surface area (Å²) in [4.78, 5) is 14.3. The molecule has 1 atom stereocenters. The van der Waals surface area contributed by atoms with Crippen LogP contribution in [0.2, 0.25) is 0 Å². The molecule has 3 aromatic rings. The molecule has 0 saturated heterocycles. The summed E-state index contributed by atoms with van der Waals surface area (Å²) in [6, 6.07) is 9.94. The molecule has 0 aliphatic carbocycles. The van der Waals surface area contributed by atoms with Crippen LogP contribution in [0.15, 0.2) is 36.5 Å². The van der Waals surface area contributed by atoms with Gasteiger partial charge in [0.25, 0.3) is 0 Å². The fourth-order valence-electron chi connectivity index (χ4n) is 3.77. The predicted molar refractivity (Wildman–Crippen MR) is 129 cm³/mol. The van der Waals surface area contributed by atoms with Crippen LogP contribution in [0.1, 0.15) is 59.7 Å². The Morgan fingerprint density at radius 1 is 1.24 bits per heavy atom. The molecule has 2 heterocycles. The van der Waals surface area contributed by atoms with Gasteiger partial charge in [0.2, 0.25) is 0 Å². The Morgan fingerprint density at radius 2 is 1.97 bits per heavy atom. The number of carbonyl (C=O) groups is 1. The van der Waals surface area contributed by atoms with Crippen molar-refractivity contribution in [3.05, 3.63) is 63.1 Å². The molecular formula is C25H33N3O4S. The Labute approximate surface area is 199 Å². The quantitative estimate of drug-likeness (QED) is 0.390. The van der Waals surface area contributed by atoms with Crippen LogP contribution < -0.4 is 4.74 Å². The van der Waals surface area contributed by atoms with Crippen molar-refractivity contribution in [2.45, 2.75) is 66.2 Å². The van der Waals surface area contributed by atoms with Gasteiger partial charge in [-0.15, -0.1) is 16.4 Å². The molecule has 0 saturated carbocycles. The number of aromatic nitrogens is 3. The first-order valence-electron chi connectivity index (χ1n) is 11.2. The largest absolute Gasteiger partial charge is 0.497 e. The van der Waals surface area contributed by atoms with Crippen LogP contribution in [0, 0.1) is 12.3 Å². The molecule has 0 spiro atoms. The van der Waals surface area contributed by atoms with E-state index in [0.29, 0.717) is 26.1 Å². The average molecular weight is 472 g/mol. The summed E-state index contributed by atoms with van der Waals surface area (Å²) in [5.74, 6) is -0.115. The molecule has 0 aliphatic rings. The van der Waals surface area contributed by atoms with Gasteiger partial charge in [-0.2, -0.15) is 0 Å². The molecule has 1 aromatic carbocycles. The van der Waals surface area contributed by atoms with Crippen molar-refractivity contribution in [3.63, 3.8) is 0 Å². The van der Waals surface area contributed by atoms with Gasteiger partial charge in [-0.25, -0.2) is 0 Å². The molecule has 178 valence electrons. The maximum Gasteiger partial charge on any atom is 0.309 e. The van der Waals surface area contributed by atoms with E-state index < -0.39 is 11.4 Å². The van der Waals surface area contributed by atoms with Crippen LogP contribution in [0.4, 0.5) is 0 Å². The molecule has 1 unspecified atom stereocenters. The van der Waals surface area contributed by atoms with E-state index in [1.807, 2.05) is 37.4 Å². The summed E-state index contributed by atoms with van der Waals surface area (Å²) < 4.78 is 12.9. The highest BCUT2D eigenvalue weighted by molar-refractivity contribution is 7.12. The van der Waals surface area contributed by atoms with E-state index in [1.54, 1.807) is 37.0 Å². The molecule has 0 fully saturated rings. The summed E-state index contributed by atoms with van der Waals surface area (Å²) in [7, 11) is 1.65. The minimum atomic E-state index is -0.904. The zero-order chi connectivity index (χ0) is 24.0. The number of nitrogens with zero attached hydrogens (tertiary/aromatic N) is 3. The van der Waals surface area contributed by atoms with E-state index in [4.69, 9.17) is 9.47 Å². The second-order valence-corrected chi connectivity index (χ2v) is 10.0. The first-order chi connectivity index (χ1) is 15.7. The van der Waals surface area contributed by atoms with Crippen LogP contribution in [0.3, 0.4) is 0 Å². The number of aliphatic carboxylic acids is 1. The summed E-state index contributed by atoms with van der Waals surface area (Å²) in [6.45, 7) is 9.45. The smallest absolute Gasteiger partial charge is 0.309 e. The van der Waals surface area contributed by atoms with Crippen molar-refractivity contribution in [1.82, 2.24) is 15.0 Å². The Bertz CT molecular complexity index is 1060. The summed E-state index contributed by atoms with van der Waals surface area (Å²) in [5, 5.41) is 18.3. The number of aryl methyl sites for hydroxylation is 3. The number of hydrogen-bond acceptors (Lipinski definition) is 6. The third kappa shape index (κ3) is 6.21. The lowest BCUT2D eigenvalue weighted by Crippen LogP contribution is -2.31. The maximum atomic E-state index is 12.1. The predicted octanol–water partition coefficient (Wildman–Crippen LogP) is 5.22. The first-order valence-corrected chi connectivity index (χ1v) is 12.0. The minimum absolute atomic E-state index is 0.138. The van der Waals surface area contributed by atoms with Gasteiger partial charge in [-0.05, 0) is 69.9 Å². The number of methoxy groups -OCH3 is 1. The Balaban J connectivity index is 1.70. The van der Waals surface area contributed by atoms with Gasteiger partial charge in [0, 0.05) is 28.4 Å². The number of thiophene rings is 1. The lowest BCUT2D eigenvalue weighted by Gasteiger charge is -2.29. The van der Waals surface area contributed by atoms with Crippen LogP contribution in [0.5, 0.6) is 5.75 Å². The zero-order valence-corrected chi connectivity index (χ0v) is 20.8. The summed E-state index contributed by atoms with van der Waals surface area (Å²) in [6.07, 6.45) is 3.30. The van der Waals surface area contributed by atoms with Gasteiger partial charge in [0.05, 0.1) is 31.4 Å². The van der Waals surface area contributed by atoms with Crippen molar-refractivity contribution in [1.29, 1.82) is 0 Å². The number of benzene rings is 1. The molecule has 0 amide bonds. The van der Waals surface area contributed by atoms with Crippen LogP contribution >= 0.6 is 11.3 Å². The second kappa shape index (κ2) is 10.9. The van der Waals surface area contributed by atoms with Gasteiger partial charge in [0.1, 0.15) is 5.75 Å². The lowest BCUT2D eigenvalue weighted by molar-refractivity contribution is -0.148. The molecule has 7 nitrogen and oxygen atoms in total. The maximum absolute atomic E-state index is 12.1. The topological polar surface area (TPSA) is 86.5 Å². The number of carboxylic acid groups (broad SMARTS) is 1. The Morgan fingerprint density at radius 3 is 2.58 bits per heavy atom. The van der Waals surface area contributed by atoms with E-state index in [0.717, 1.165) is 38.9 Å². The van der Waals surface area contributed by atoms with E-state index in [2.05, 4.69) is 23.3 Å². The minimum Gasteiger partial charge on any atom is -0.497 e. The van der Waals surface area contributed by atoms with E-state index >= 15 is 0 Å². The van der Waals surface area contributed by atoms with Gasteiger partial charge >= 0.3 is 5.97 Å². The third-order valence-electron chi connectivity index (χ3n) is 6.09. The van der Waals surface area contributed by atoms with Crippen molar-refractivity contribution in [2.75, 3.05) is 7.11 Å². The van der Waals surface area contributed by atoms with E-state index in [1.165, 1.54) is 0 Å². The molecule has 0 radical (unpaired) electrons. The molecule has 3 rings (SSSR count). The van der Waals surface area contributed by atoms with Crippen LogP contribution in [0.25, 0.3) is 0 Å².